The van der Waals surface area contributed by atoms with Crippen molar-refractivity contribution in [2.24, 2.45) is 11.8 Å². The molecule has 2 aliphatic carbocycles. The van der Waals surface area contributed by atoms with Crippen LogP contribution in [0.15, 0.2) is 206 Å². The lowest BCUT2D eigenvalue weighted by Gasteiger charge is -2.28. The van der Waals surface area contributed by atoms with Crippen molar-refractivity contribution in [1.82, 2.24) is 9.13 Å². The van der Waals surface area contributed by atoms with Crippen LogP contribution in [0.3, 0.4) is 0 Å². The number of nitrogen functional groups attached to an aromatic ring is 1. The summed E-state index contributed by atoms with van der Waals surface area (Å²) in [6, 6.07) is 55.0. The van der Waals surface area contributed by atoms with Crippen LogP contribution in [0, 0.1) is 18.8 Å². The highest BCUT2D eigenvalue weighted by molar-refractivity contribution is 6.13. The molecule has 3 atom stereocenters. The van der Waals surface area contributed by atoms with E-state index in [1.165, 1.54) is 76.9 Å². The van der Waals surface area contributed by atoms with E-state index in [0.29, 0.717) is 5.92 Å². The Balaban J connectivity index is 0.000000394. The lowest BCUT2D eigenvalue weighted by Crippen LogP contribution is -2.20. The second-order valence-electron chi connectivity index (χ2n) is 16.7. The number of anilines is 1. The summed E-state index contributed by atoms with van der Waals surface area (Å²) in [5.41, 5.74) is 19.0. The highest BCUT2D eigenvalue weighted by Crippen LogP contribution is 2.41. The summed E-state index contributed by atoms with van der Waals surface area (Å²) in [7, 11) is 0. The van der Waals surface area contributed by atoms with Crippen LogP contribution in [0.4, 0.5) is 5.69 Å². The molecule has 3 nitrogen and oxygen atoms in total. The fourth-order valence-electron chi connectivity index (χ4n) is 9.23. The van der Waals surface area contributed by atoms with Crippen LogP contribution in [-0.4, -0.2) is 9.13 Å². The lowest BCUT2D eigenvalue weighted by molar-refractivity contribution is 0.472. The number of hydrogen-bond donors (Lipinski definition) is 1. The molecule has 0 saturated carbocycles. The van der Waals surface area contributed by atoms with Crippen LogP contribution < -0.4 is 5.73 Å². The highest BCUT2D eigenvalue weighted by Gasteiger charge is 2.26. The van der Waals surface area contributed by atoms with Crippen molar-refractivity contribution in [1.29, 1.82) is 0 Å². The van der Waals surface area contributed by atoms with E-state index in [1.54, 1.807) is 0 Å². The maximum atomic E-state index is 6.81. The number of hydrogen-bond acceptors (Lipinski definition) is 1. The first kappa shape index (κ1) is 40.3. The molecule has 7 aromatic carbocycles. The van der Waals surface area contributed by atoms with Gasteiger partial charge in [0.25, 0.3) is 0 Å². The minimum atomic E-state index is 0.155. The first-order chi connectivity index (χ1) is 30.4. The number of aromatic nitrogens is 2. The maximum absolute atomic E-state index is 6.81. The van der Waals surface area contributed by atoms with Gasteiger partial charge in [-0.15, -0.1) is 0 Å². The Kier molecular flexibility index (Phi) is 11.6. The maximum Gasteiger partial charge on any atom is 0.0591 e. The predicted molar refractivity (Wildman–Crippen MR) is 270 cm³/mol. The van der Waals surface area contributed by atoms with Crippen molar-refractivity contribution >= 4 is 65.8 Å². The predicted octanol–water partition coefficient (Wildman–Crippen LogP) is 15.8. The van der Waals surface area contributed by atoms with E-state index in [1.807, 2.05) is 44.2 Å². The molecule has 0 amide bonds. The average Bonchev–Trinajstić information content (AvgIpc) is 3.83. The van der Waals surface area contributed by atoms with Crippen LogP contribution in [0.5, 0.6) is 0 Å². The van der Waals surface area contributed by atoms with Gasteiger partial charge in [0.1, 0.15) is 0 Å². The molecule has 0 aliphatic heterocycles. The number of allylic oxidation sites excluding steroid dienone is 10. The van der Waals surface area contributed by atoms with Crippen LogP contribution in [0.2, 0.25) is 0 Å². The van der Waals surface area contributed by atoms with Crippen molar-refractivity contribution in [3.8, 4) is 11.1 Å². The van der Waals surface area contributed by atoms with E-state index >= 15 is 0 Å². The van der Waals surface area contributed by atoms with Gasteiger partial charge in [-0.2, -0.15) is 0 Å². The third kappa shape index (κ3) is 7.83. The highest BCUT2D eigenvalue weighted by atomic mass is 15.0. The summed E-state index contributed by atoms with van der Waals surface area (Å²) < 4.78 is 4.99. The largest absolute Gasteiger partial charge is 0.398 e. The van der Waals surface area contributed by atoms with Gasteiger partial charge in [0.15, 0.2) is 0 Å². The molecule has 9 aromatic rings. The van der Waals surface area contributed by atoms with Gasteiger partial charge in [-0.05, 0) is 104 Å². The van der Waals surface area contributed by atoms with E-state index in [2.05, 4.69) is 199 Å². The van der Waals surface area contributed by atoms with Gasteiger partial charge < -0.3 is 14.9 Å². The van der Waals surface area contributed by atoms with Crippen molar-refractivity contribution in [2.45, 2.75) is 46.6 Å². The van der Waals surface area contributed by atoms with Crippen LogP contribution in [-0.2, 0) is 6.42 Å². The minimum absolute atomic E-state index is 0.155. The fraction of sp³-hybridized carbons (Fsp3) is 0.153. The molecule has 0 bridgehead atoms. The summed E-state index contributed by atoms with van der Waals surface area (Å²) >= 11 is 0. The molecule has 2 heterocycles. The zero-order valence-electron chi connectivity index (χ0n) is 36.2. The number of fused-ring (bicyclic) bond motifs is 7. The second kappa shape index (κ2) is 17.9. The van der Waals surface area contributed by atoms with Gasteiger partial charge in [0, 0.05) is 55.3 Å². The summed E-state index contributed by atoms with van der Waals surface area (Å²) in [5, 5.41) is 7.45. The Morgan fingerprint density at radius 2 is 1.16 bits per heavy atom. The van der Waals surface area contributed by atoms with Crippen molar-refractivity contribution in [3.63, 3.8) is 0 Å². The van der Waals surface area contributed by atoms with Crippen molar-refractivity contribution in [2.75, 3.05) is 5.73 Å². The third-order valence-corrected chi connectivity index (χ3v) is 12.6. The standard InChI is InChI=1S/C48H39N3.C7H8.C4H8/c1-31-18-24-37(25-19-31)50-44-16-8-5-13-39(44)41-29-33(22-26-46(41)50)34-23-27-47-42(30-34)40-14-6-9-17-45(40)51(47)43-15-7-3-11-35(43)28-36-21-20-32-10-2-4-12-38(32)48(36)49;1-7-5-3-2-4-6-7;1-3-4-2/h2-18,20-27,29-31,35,43H,19,28,49H2,1H3;2-6H,1H3;3-4H,1-2H3/b;;4-3-. The molecule has 62 heavy (non-hydrogen) atoms. The number of nitrogens with two attached hydrogens (primary N) is 1. The van der Waals surface area contributed by atoms with Crippen LogP contribution in [0.25, 0.3) is 71.2 Å². The number of benzene rings is 7. The number of aryl methyl sites for hydroxylation is 1. The molecule has 2 aromatic heterocycles. The molecule has 11 rings (SSSR count). The quantitative estimate of drug-likeness (QED) is 0.136. The Morgan fingerprint density at radius 1 is 0.581 bits per heavy atom. The summed E-state index contributed by atoms with van der Waals surface area (Å²) in [6.45, 7) is 8.36. The Bertz CT molecular complexity index is 3200. The van der Waals surface area contributed by atoms with Gasteiger partial charge >= 0.3 is 0 Å². The molecule has 0 saturated heterocycles. The number of para-hydroxylation sites is 2. The molecule has 0 spiro atoms. The topological polar surface area (TPSA) is 35.9 Å². The first-order valence-corrected chi connectivity index (χ1v) is 22.1. The Morgan fingerprint density at radius 3 is 1.84 bits per heavy atom. The molecule has 2 N–H and O–H groups in total. The SMILES string of the molecule is C/C=C\C.CC1C=CC(n2c3ccccc3c3cc(-c4ccc5c(c4)c4ccccc4n5C4C=CC=CC4Cc4ccc5ccccc5c4N)ccc32)=CC1.Cc1ccccc1. The van der Waals surface area contributed by atoms with Crippen LogP contribution in [0.1, 0.15) is 44.4 Å². The molecular weight excluding hydrogens is 751 g/mol. The molecule has 3 unspecified atom stereocenters. The number of rotatable bonds is 5. The van der Waals surface area contributed by atoms with E-state index in [9.17, 15) is 0 Å². The normalized spacial score (nSPS) is 17.1. The van der Waals surface area contributed by atoms with Gasteiger partial charge in [0.2, 0.25) is 0 Å². The Hall–Kier alpha value is -7.10. The zero-order chi connectivity index (χ0) is 42.6. The fourth-order valence-corrected chi connectivity index (χ4v) is 9.23. The third-order valence-electron chi connectivity index (χ3n) is 12.6. The van der Waals surface area contributed by atoms with Crippen LogP contribution >= 0.6 is 0 Å². The summed E-state index contributed by atoms with van der Waals surface area (Å²) in [4.78, 5) is 0. The smallest absolute Gasteiger partial charge is 0.0591 e. The number of nitrogens with zero attached hydrogens (tertiary/aromatic N) is 2. The second-order valence-corrected chi connectivity index (χ2v) is 16.7. The molecule has 0 fully saturated rings. The first-order valence-electron chi connectivity index (χ1n) is 22.1. The van der Waals surface area contributed by atoms with Gasteiger partial charge in [-0.25, -0.2) is 0 Å². The van der Waals surface area contributed by atoms with E-state index < -0.39 is 0 Å². The van der Waals surface area contributed by atoms with Crippen molar-refractivity contribution < 1.29 is 0 Å². The molecule has 306 valence electrons. The van der Waals surface area contributed by atoms with Crippen molar-refractivity contribution in [3.05, 3.63) is 217 Å². The van der Waals surface area contributed by atoms with Gasteiger partial charge in [0.05, 0.1) is 17.1 Å². The molecule has 3 heteroatoms. The zero-order valence-corrected chi connectivity index (χ0v) is 36.2. The van der Waals surface area contributed by atoms with E-state index in [0.717, 1.165) is 23.9 Å². The Labute approximate surface area is 366 Å². The average molecular weight is 806 g/mol. The minimum Gasteiger partial charge on any atom is -0.398 e. The molecule has 2 aliphatic rings. The monoisotopic (exact) mass is 805 g/mol. The van der Waals surface area contributed by atoms with Gasteiger partial charge in [-0.1, -0.05) is 176 Å². The molecular formula is C59H55N3. The molecule has 0 radical (unpaired) electrons. The van der Waals surface area contributed by atoms with E-state index in [-0.39, 0.29) is 12.0 Å². The summed E-state index contributed by atoms with van der Waals surface area (Å²) in [6.07, 6.45) is 22.1. The lowest BCUT2D eigenvalue weighted by atomic mass is 9.87. The van der Waals surface area contributed by atoms with E-state index in [4.69, 9.17) is 5.73 Å². The van der Waals surface area contributed by atoms with Gasteiger partial charge in [-0.3, -0.25) is 0 Å². The summed E-state index contributed by atoms with van der Waals surface area (Å²) in [5.74, 6) is 0.836.